The van der Waals surface area contributed by atoms with Crippen LogP contribution in [0.1, 0.15) is 43.7 Å². The summed E-state index contributed by atoms with van der Waals surface area (Å²) in [4.78, 5) is 13.1. The molecule has 6 heteroatoms. The van der Waals surface area contributed by atoms with E-state index >= 15 is 0 Å². The molecule has 1 amide bonds. The average Bonchev–Trinajstić information content (AvgIpc) is 3.20. The fourth-order valence-corrected chi connectivity index (χ4v) is 5.93. The second-order valence-electron chi connectivity index (χ2n) is 7.21. The number of rotatable bonds is 4. The van der Waals surface area contributed by atoms with E-state index in [1.807, 2.05) is 48.5 Å². The first kappa shape index (κ1) is 18.7. The largest absolute Gasteiger partial charge is 0.349 e. The Kier molecular flexibility index (Phi) is 4.98. The monoisotopic (exact) mass is 396 g/mol. The molecule has 0 spiro atoms. The Morgan fingerprint density at radius 3 is 2.36 bits per heavy atom. The van der Waals surface area contributed by atoms with Gasteiger partial charge in [0.1, 0.15) is 0 Å². The van der Waals surface area contributed by atoms with Crippen LogP contribution in [0.5, 0.6) is 0 Å². The van der Waals surface area contributed by atoms with E-state index in [1.165, 1.54) is 4.31 Å². The van der Waals surface area contributed by atoms with Crippen LogP contribution < -0.4 is 9.62 Å². The van der Waals surface area contributed by atoms with Gasteiger partial charge in [-0.15, -0.1) is 0 Å². The summed E-state index contributed by atoms with van der Waals surface area (Å²) in [5.41, 5.74) is 2.59. The van der Waals surface area contributed by atoms with Gasteiger partial charge in [0.05, 0.1) is 5.69 Å². The molecule has 2 aromatic rings. The number of hydrogen-bond acceptors (Lipinski definition) is 3. The maximum atomic E-state index is 13.5. The Hall–Kier alpha value is -2.60. The van der Waals surface area contributed by atoms with E-state index in [-0.39, 0.29) is 17.5 Å². The lowest BCUT2D eigenvalue weighted by atomic mass is 9.95. The summed E-state index contributed by atoms with van der Waals surface area (Å²) >= 11 is 0. The van der Waals surface area contributed by atoms with Crippen molar-refractivity contribution in [2.24, 2.45) is 0 Å². The first-order chi connectivity index (χ1) is 13.5. The van der Waals surface area contributed by atoms with Crippen LogP contribution in [-0.4, -0.2) is 26.9 Å². The molecule has 1 heterocycles. The first-order valence-corrected chi connectivity index (χ1v) is 11.2. The highest BCUT2D eigenvalue weighted by Gasteiger charge is 2.41. The van der Waals surface area contributed by atoms with Crippen molar-refractivity contribution >= 4 is 27.2 Å². The molecular weight excluding hydrogens is 372 g/mol. The van der Waals surface area contributed by atoms with E-state index in [2.05, 4.69) is 5.32 Å². The summed E-state index contributed by atoms with van der Waals surface area (Å²) in [5.74, 6) is -0.501. The Morgan fingerprint density at radius 1 is 1.04 bits per heavy atom. The molecule has 28 heavy (non-hydrogen) atoms. The number of nitrogens with zero attached hydrogens (tertiary/aromatic N) is 1. The van der Waals surface area contributed by atoms with Gasteiger partial charge >= 0.3 is 0 Å². The SMILES string of the molecule is CCN1c2ccccc2C(c2ccccc2)=C(C(=O)NC2CCCC2)S1(=O)=O. The first-order valence-electron chi connectivity index (χ1n) is 9.76. The highest BCUT2D eigenvalue weighted by molar-refractivity contribution is 7.97. The molecule has 146 valence electrons. The van der Waals surface area contributed by atoms with Crippen molar-refractivity contribution in [2.45, 2.75) is 38.6 Å². The molecule has 2 aliphatic rings. The molecule has 1 aliphatic heterocycles. The quantitative estimate of drug-likeness (QED) is 0.857. The lowest BCUT2D eigenvalue weighted by molar-refractivity contribution is -0.117. The van der Waals surface area contributed by atoms with Crippen LogP contribution in [0.4, 0.5) is 5.69 Å². The van der Waals surface area contributed by atoms with Crippen molar-refractivity contribution in [3.63, 3.8) is 0 Å². The van der Waals surface area contributed by atoms with Crippen LogP contribution in [0.15, 0.2) is 59.5 Å². The number of carbonyl (C=O) groups is 1. The molecular formula is C22H24N2O3S. The molecule has 1 fully saturated rings. The normalized spacial score (nSPS) is 18.8. The second-order valence-corrected chi connectivity index (χ2v) is 9.01. The zero-order valence-corrected chi connectivity index (χ0v) is 16.7. The molecule has 2 aromatic carbocycles. The lowest BCUT2D eigenvalue weighted by Gasteiger charge is -2.33. The van der Waals surface area contributed by atoms with Crippen molar-refractivity contribution in [1.29, 1.82) is 0 Å². The van der Waals surface area contributed by atoms with E-state index in [4.69, 9.17) is 0 Å². The summed E-state index contributed by atoms with van der Waals surface area (Å²) < 4.78 is 28.4. The lowest BCUT2D eigenvalue weighted by Crippen LogP contribution is -2.43. The predicted molar refractivity (Wildman–Crippen MR) is 111 cm³/mol. The molecule has 0 saturated heterocycles. The van der Waals surface area contributed by atoms with E-state index in [1.54, 1.807) is 13.0 Å². The number of amides is 1. The molecule has 4 rings (SSSR count). The maximum Gasteiger partial charge on any atom is 0.270 e. The molecule has 5 nitrogen and oxygen atoms in total. The fourth-order valence-electron chi connectivity index (χ4n) is 4.18. The summed E-state index contributed by atoms with van der Waals surface area (Å²) in [7, 11) is -3.97. The van der Waals surface area contributed by atoms with Crippen molar-refractivity contribution < 1.29 is 13.2 Å². The topological polar surface area (TPSA) is 66.5 Å². The number of benzene rings is 2. The molecule has 1 N–H and O–H groups in total. The Bertz CT molecular complexity index is 1020. The summed E-state index contributed by atoms with van der Waals surface area (Å²) in [6, 6.07) is 16.7. The molecule has 0 bridgehead atoms. The van der Waals surface area contributed by atoms with Gasteiger partial charge in [-0.25, -0.2) is 8.42 Å². The van der Waals surface area contributed by atoms with Gasteiger partial charge in [-0.3, -0.25) is 9.10 Å². The van der Waals surface area contributed by atoms with Gasteiger partial charge in [-0.2, -0.15) is 0 Å². The second kappa shape index (κ2) is 7.43. The Labute approximate surface area is 166 Å². The minimum atomic E-state index is -3.97. The predicted octanol–water partition coefficient (Wildman–Crippen LogP) is 3.67. The van der Waals surface area contributed by atoms with Crippen LogP contribution in [0.3, 0.4) is 0 Å². The molecule has 0 aromatic heterocycles. The number of carbonyl (C=O) groups excluding carboxylic acids is 1. The van der Waals surface area contributed by atoms with E-state index in [0.29, 0.717) is 11.3 Å². The van der Waals surface area contributed by atoms with Gasteiger partial charge in [0.25, 0.3) is 15.9 Å². The Balaban J connectivity index is 1.96. The third-order valence-electron chi connectivity index (χ3n) is 5.46. The highest BCUT2D eigenvalue weighted by Crippen LogP contribution is 2.42. The van der Waals surface area contributed by atoms with Gasteiger partial charge in [-0.1, -0.05) is 61.4 Å². The standard InChI is InChI=1S/C22H24N2O3S/c1-2-24-19-15-9-8-14-18(19)20(16-10-4-3-5-11-16)21(28(24,26)27)22(25)23-17-12-6-7-13-17/h3-5,8-11,14-15,17H,2,6-7,12-13H2,1H3,(H,23,25). The van der Waals surface area contributed by atoms with E-state index in [0.717, 1.165) is 36.8 Å². The van der Waals surface area contributed by atoms with Crippen molar-refractivity contribution in [2.75, 3.05) is 10.8 Å². The van der Waals surface area contributed by atoms with Crippen LogP contribution in [0.25, 0.3) is 5.57 Å². The smallest absolute Gasteiger partial charge is 0.270 e. The number of sulfonamides is 1. The average molecular weight is 397 g/mol. The van der Waals surface area contributed by atoms with Crippen molar-refractivity contribution in [3.05, 3.63) is 70.6 Å². The van der Waals surface area contributed by atoms with Gasteiger partial charge in [-0.05, 0) is 31.4 Å². The minimum absolute atomic E-state index is 0.0412. The molecule has 0 unspecified atom stereocenters. The van der Waals surface area contributed by atoms with Crippen molar-refractivity contribution in [3.8, 4) is 0 Å². The highest BCUT2D eigenvalue weighted by atomic mass is 32.2. The minimum Gasteiger partial charge on any atom is -0.349 e. The molecule has 0 radical (unpaired) electrons. The number of nitrogens with one attached hydrogen (secondary N) is 1. The fraction of sp³-hybridized carbons (Fsp3) is 0.318. The Morgan fingerprint density at radius 2 is 1.68 bits per heavy atom. The number of hydrogen-bond donors (Lipinski definition) is 1. The molecule has 0 atom stereocenters. The van der Waals surface area contributed by atoms with Crippen molar-refractivity contribution in [1.82, 2.24) is 5.32 Å². The number of anilines is 1. The van der Waals surface area contributed by atoms with Crippen LogP contribution in [0.2, 0.25) is 0 Å². The number of para-hydroxylation sites is 1. The third-order valence-corrected chi connectivity index (χ3v) is 7.40. The van der Waals surface area contributed by atoms with Gasteiger partial charge < -0.3 is 5.32 Å². The molecule has 1 aliphatic carbocycles. The molecule has 1 saturated carbocycles. The summed E-state index contributed by atoms with van der Waals surface area (Å²) in [5, 5.41) is 2.98. The maximum absolute atomic E-state index is 13.5. The van der Waals surface area contributed by atoms with E-state index < -0.39 is 15.9 Å². The third kappa shape index (κ3) is 3.11. The van der Waals surface area contributed by atoms with Gasteiger partial charge in [0, 0.05) is 23.7 Å². The van der Waals surface area contributed by atoms with Gasteiger partial charge in [0.2, 0.25) is 0 Å². The van der Waals surface area contributed by atoms with E-state index in [9.17, 15) is 13.2 Å². The zero-order valence-electron chi connectivity index (χ0n) is 15.9. The van der Waals surface area contributed by atoms with Crippen LogP contribution in [0, 0.1) is 0 Å². The van der Waals surface area contributed by atoms with Crippen LogP contribution in [-0.2, 0) is 14.8 Å². The number of fused-ring (bicyclic) bond motifs is 1. The zero-order chi connectivity index (χ0) is 19.7. The van der Waals surface area contributed by atoms with Gasteiger partial charge in [0.15, 0.2) is 4.91 Å². The van der Waals surface area contributed by atoms with Crippen LogP contribution >= 0.6 is 0 Å². The summed E-state index contributed by atoms with van der Waals surface area (Å²) in [6.45, 7) is 2.05. The summed E-state index contributed by atoms with van der Waals surface area (Å²) in [6.07, 6.45) is 3.92.